The number of hydrogen-bond donors (Lipinski definition) is 0. The quantitative estimate of drug-likeness (QED) is 0.533. The zero-order valence-electron chi connectivity index (χ0n) is 6.76. The van der Waals surface area contributed by atoms with Crippen LogP contribution in [0, 0.1) is 6.42 Å². The van der Waals surface area contributed by atoms with Gasteiger partial charge in [-0.3, -0.25) is 0 Å². The van der Waals surface area contributed by atoms with E-state index in [2.05, 4.69) is 25.5 Å². The van der Waals surface area contributed by atoms with Gasteiger partial charge in [0, 0.05) is 7.11 Å². The molecule has 0 fully saturated rings. The SMILES string of the molecule is C[CH]C1(OC)C=CCCC1. The standard InChI is InChI=1S/C9H15O/c1-3-9(10-2)7-5-4-6-8-9/h3,5,7H,4,6,8H2,1-2H3. The maximum absolute atomic E-state index is 5.39. The molecule has 1 atom stereocenters. The second kappa shape index (κ2) is 3.20. The summed E-state index contributed by atoms with van der Waals surface area (Å²) in [5.41, 5.74) is -0.0434. The highest BCUT2D eigenvalue weighted by atomic mass is 16.5. The van der Waals surface area contributed by atoms with Crippen LogP contribution in [0.15, 0.2) is 12.2 Å². The molecule has 1 heteroatoms. The molecule has 10 heavy (non-hydrogen) atoms. The molecule has 1 unspecified atom stereocenters. The molecule has 0 aromatic heterocycles. The van der Waals surface area contributed by atoms with Crippen LogP contribution >= 0.6 is 0 Å². The van der Waals surface area contributed by atoms with Gasteiger partial charge in [0.2, 0.25) is 0 Å². The fraction of sp³-hybridized carbons (Fsp3) is 0.667. The van der Waals surface area contributed by atoms with Gasteiger partial charge in [0.05, 0.1) is 5.60 Å². The molecule has 0 bridgehead atoms. The average Bonchev–Trinajstić information content (AvgIpc) is 2.06. The summed E-state index contributed by atoms with van der Waals surface area (Å²) in [5, 5.41) is 0. The van der Waals surface area contributed by atoms with Crippen LogP contribution in [0.5, 0.6) is 0 Å². The van der Waals surface area contributed by atoms with E-state index in [0.29, 0.717) is 0 Å². The van der Waals surface area contributed by atoms with E-state index in [9.17, 15) is 0 Å². The normalized spacial score (nSPS) is 32.6. The van der Waals surface area contributed by atoms with Gasteiger partial charge in [0.15, 0.2) is 0 Å². The van der Waals surface area contributed by atoms with E-state index >= 15 is 0 Å². The third kappa shape index (κ3) is 1.40. The number of hydrogen-bond acceptors (Lipinski definition) is 1. The maximum atomic E-state index is 5.39. The third-order valence-corrected chi connectivity index (χ3v) is 2.21. The monoisotopic (exact) mass is 139 g/mol. The molecule has 1 aliphatic carbocycles. The lowest BCUT2D eigenvalue weighted by Gasteiger charge is -2.30. The van der Waals surface area contributed by atoms with Crippen LogP contribution in [0.4, 0.5) is 0 Å². The molecule has 0 spiro atoms. The predicted octanol–water partition coefficient (Wildman–Crippen LogP) is 2.34. The van der Waals surface area contributed by atoms with Crippen LogP contribution < -0.4 is 0 Å². The van der Waals surface area contributed by atoms with Crippen molar-refractivity contribution in [3.05, 3.63) is 18.6 Å². The first-order valence-corrected chi connectivity index (χ1v) is 3.86. The van der Waals surface area contributed by atoms with Crippen molar-refractivity contribution in [2.75, 3.05) is 7.11 Å². The molecule has 1 radical (unpaired) electrons. The molecule has 1 rings (SSSR count). The van der Waals surface area contributed by atoms with E-state index in [4.69, 9.17) is 4.74 Å². The summed E-state index contributed by atoms with van der Waals surface area (Å²) in [4.78, 5) is 0. The minimum absolute atomic E-state index is 0.0434. The molecule has 0 heterocycles. The highest BCUT2D eigenvalue weighted by Gasteiger charge is 2.25. The Kier molecular flexibility index (Phi) is 2.50. The topological polar surface area (TPSA) is 9.23 Å². The highest BCUT2D eigenvalue weighted by molar-refractivity contribution is 5.11. The summed E-state index contributed by atoms with van der Waals surface area (Å²) in [6.07, 6.45) is 10.1. The number of allylic oxidation sites excluding steroid dienone is 1. The zero-order valence-corrected chi connectivity index (χ0v) is 6.76. The fourth-order valence-corrected chi connectivity index (χ4v) is 1.39. The minimum atomic E-state index is -0.0434. The van der Waals surface area contributed by atoms with E-state index in [1.807, 2.05) is 0 Å². The summed E-state index contributed by atoms with van der Waals surface area (Å²) < 4.78 is 5.39. The van der Waals surface area contributed by atoms with Crippen LogP contribution in [-0.2, 0) is 4.74 Å². The molecule has 0 amide bonds. The van der Waals surface area contributed by atoms with Gasteiger partial charge in [-0.1, -0.05) is 19.1 Å². The minimum Gasteiger partial charge on any atom is -0.374 e. The maximum Gasteiger partial charge on any atom is 0.0887 e. The lowest BCUT2D eigenvalue weighted by Crippen LogP contribution is -2.29. The first kappa shape index (κ1) is 7.80. The third-order valence-electron chi connectivity index (χ3n) is 2.21. The van der Waals surface area contributed by atoms with Crippen molar-refractivity contribution < 1.29 is 4.74 Å². The van der Waals surface area contributed by atoms with E-state index < -0.39 is 0 Å². The molecule has 0 N–H and O–H groups in total. The first-order chi connectivity index (χ1) is 4.83. The lowest BCUT2D eigenvalue weighted by atomic mass is 9.89. The van der Waals surface area contributed by atoms with Crippen molar-refractivity contribution in [3.63, 3.8) is 0 Å². The smallest absolute Gasteiger partial charge is 0.0887 e. The van der Waals surface area contributed by atoms with Crippen LogP contribution in [0.1, 0.15) is 26.2 Å². The lowest BCUT2D eigenvalue weighted by molar-refractivity contribution is 0.0479. The first-order valence-electron chi connectivity index (χ1n) is 3.86. The molecule has 0 saturated carbocycles. The van der Waals surface area contributed by atoms with Gasteiger partial charge in [-0.25, -0.2) is 0 Å². The van der Waals surface area contributed by atoms with Crippen molar-refractivity contribution in [1.29, 1.82) is 0 Å². The Bertz CT molecular complexity index is 123. The Morgan fingerprint density at radius 2 is 2.40 bits per heavy atom. The highest BCUT2D eigenvalue weighted by Crippen LogP contribution is 2.27. The second-order valence-electron chi connectivity index (χ2n) is 2.74. The Morgan fingerprint density at radius 3 is 2.70 bits per heavy atom. The molecule has 0 aliphatic heterocycles. The zero-order chi connectivity index (χ0) is 7.45. The van der Waals surface area contributed by atoms with Gasteiger partial charge in [-0.05, 0) is 25.7 Å². The molecule has 0 aromatic rings. The molecule has 1 aliphatic rings. The Hall–Kier alpha value is -0.300. The fourth-order valence-electron chi connectivity index (χ4n) is 1.39. The molecule has 57 valence electrons. The van der Waals surface area contributed by atoms with Crippen molar-refractivity contribution in [2.24, 2.45) is 0 Å². The van der Waals surface area contributed by atoms with Crippen molar-refractivity contribution in [3.8, 4) is 0 Å². The van der Waals surface area contributed by atoms with Gasteiger partial charge < -0.3 is 4.74 Å². The van der Waals surface area contributed by atoms with Crippen molar-refractivity contribution >= 4 is 0 Å². The van der Waals surface area contributed by atoms with Crippen LogP contribution in [0.2, 0.25) is 0 Å². The van der Waals surface area contributed by atoms with Crippen LogP contribution in [-0.4, -0.2) is 12.7 Å². The van der Waals surface area contributed by atoms with Gasteiger partial charge in [0.1, 0.15) is 0 Å². The van der Waals surface area contributed by atoms with Gasteiger partial charge in [0.25, 0.3) is 0 Å². The van der Waals surface area contributed by atoms with Gasteiger partial charge in [-0.2, -0.15) is 0 Å². The van der Waals surface area contributed by atoms with E-state index in [0.717, 1.165) is 6.42 Å². The molecule has 1 nitrogen and oxygen atoms in total. The van der Waals surface area contributed by atoms with Crippen LogP contribution in [0.3, 0.4) is 0 Å². The van der Waals surface area contributed by atoms with E-state index in [-0.39, 0.29) is 5.60 Å². The summed E-state index contributed by atoms with van der Waals surface area (Å²) in [6, 6.07) is 0. The number of methoxy groups -OCH3 is 1. The average molecular weight is 139 g/mol. The van der Waals surface area contributed by atoms with Crippen LogP contribution in [0.25, 0.3) is 0 Å². The Morgan fingerprint density at radius 1 is 1.60 bits per heavy atom. The summed E-state index contributed by atoms with van der Waals surface area (Å²) in [7, 11) is 1.77. The number of ether oxygens (including phenoxy) is 1. The van der Waals surface area contributed by atoms with Gasteiger partial charge in [-0.15, -0.1) is 0 Å². The summed E-state index contributed by atoms with van der Waals surface area (Å²) in [6.45, 7) is 2.05. The molecular formula is C9H15O. The summed E-state index contributed by atoms with van der Waals surface area (Å²) >= 11 is 0. The number of rotatable bonds is 2. The van der Waals surface area contributed by atoms with Crippen molar-refractivity contribution in [2.45, 2.75) is 31.8 Å². The molecular weight excluding hydrogens is 124 g/mol. The second-order valence-corrected chi connectivity index (χ2v) is 2.74. The van der Waals surface area contributed by atoms with Gasteiger partial charge >= 0.3 is 0 Å². The van der Waals surface area contributed by atoms with E-state index in [1.54, 1.807) is 7.11 Å². The predicted molar refractivity (Wildman–Crippen MR) is 42.7 cm³/mol. The van der Waals surface area contributed by atoms with E-state index in [1.165, 1.54) is 12.8 Å². The Labute approximate surface area is 63.1 Å². The molecule has 0 saturated heterocycles. The Balaban J connectivity index is 2.61. The molecule has 0 aromatic carbocycles. The van der Waals surface area contributed by atoms with Crippen molar-refractivity contribution in [1.82, 2.24) is 0 Å². The summed E-state index contributed by atoms with van der Waals surface area (Å²) in [5.74, 6) is 0. The largest absolute Gasteiger partial charge is 0.374 e.